The van der Waals surface area contributed by atoms with E-state index in [2.05, 4.69) is 18.8 Å². The first-order valence-corrected chi connectivity index (χ1v) is 5.91. The molecule has 0 radical (unpaired) electrons. The van der Waals surface area contributed by atoms with Crippen LogP contribution in [0.3, 0.4) is 0 Å². The first-order chi connectivity index (χ1) is 8.09. The Morgan fingerprint density at radius 3 is 2.76 bits per heavy atom. The van der Waals surface area contributed by atoms with E-state index in [1.807, 2.05) is 31.3 Å². The summed E-state index contributed by atoms with van der Waals surface area (Å²) in [6.45, 7) is 5.00. The van der Waals surface area contributed by atoms with Gasteiger partial charge in [-0.3, -0.25) is 4.79 Å². The average Bonchev–Trinajstić information content (AvgIpc) is 2.70. The molecule has 0 aliphatic heterocycles. The molecule has 0 saturated carbocycles. The van der Waals surface area contributed by atoms with E-state index in [1.165, 1.54) is 0 Å². The van der Waals surface area contributed by atoms with Crippen LogP contribution in [0, 0.1) is 5.92 Å². The number of fused-ring (bicyclic) bond motifs is 1. The number of aromatic amines is 1. The van der Waals surface area contributed by atoms with Gasteiger partial charge in [-0.2, -0.15) is 0 Å². The predicted molar refractivity (Wildman–Crippen MR) is 70.1 cm³/mol. The van der Waals surface area contributed by atoms with Gasteiger partial charge in [-0.15, -0.1) is 0 Å². The zero-order valence-electron chi connectivity index (χ0n) is 10.5. The van der Waals surface area contributed by atoms with Crippen LogP contribution in [-0.4, -0.2) is 29.4 Å². The number of carbonyl (C=O) groups is 1. The molecule has 1 amide bonds. The zero-order chi connectivity index (χ0) is 12.4. The van der Waals surface area contributed by atoms with E-state index in [9.17, 15) is 4.79 Å². The number of aromatic nitrogens is 1. The lowest BCUT2D eigenvalue weighted by molar-refractivity contribution is 0.0781. The van der Waals surface area contributed by atoms with Gasteiger partial charge >= 0.3 is 0 Å². The number of hydrogen-bond donors (Lipinski definition) is 1. The highest BCUT2D eigenvalue weighted by Gasteiger charge is 2.16. The second kappa shape index (κ2) is 4.62. The molecule has 0 spiro atoms. The van der Waals surface area contributed by atoms with Gasteiger partial charge in [-0.1, -0.05) is 32.0 Å². The molecule has 17 heavy (non-hydrogen) atoms. The molecule has 2 rings (SSSR count). The second-order valence-corrected chi connectivity index (χ2v) is 4.83. The largest absolute Gasteiger partial charge is 0.360 e. The summed E-state index contributed by atoms with van der Waals surface area (Å²) in [5, 5.41) is 0.994. The number of hydrogen-bond acceptors (Lipinski definition) is 1. The fourth-order valence-electron chi connectivity index (χ4n) is 2.08. The highest BCUT2D eigenvalue weighted by molar-refractivity contribution is 6.06. The van der Waals surface area contributed by atoms with Gasteiger partial charge in [0, 0.05) is 30.7 Å². The van der Waals surface area contributed by atoms with Crippen LogP contribution in [0.2, 0.25) is 0 Å². The van der Waals surface area contributed by atoms with Crippen molar-refractivity contribution in [3.8, 4) is 0 Å². The number of amides is 1. The maximum Gasteiger partial charge on any atom is 0.255 e. The second-order valence-electron chi connectivity index (χ2n) is 4.83. The van der Waals surface area contributed by atoms with E-state index in [-0.39, 0.29) is 5.91 Å². The molecule has 0 bridgehead atoms. The summed E-state index contributed by atoms with van der Waals surface area (Å²) in [7, 11) is 1.85. The minimum absolute atomic E-state index is 0.0798. The van der Waals surface area contributed by atoms with Crippen LogP contribution in [0.1, 0.15) is 24.2 Å². The molecule has 0 aliphatic carbocycles. The Bertz CT molecular complexity index is 528. The van der Waals surface area contributed by atoms with Gasteiger partial charge < -0.3 is 9.88 Å². The Morgan fingerprint density at radius 1 is 1.35 bits per heavy atom. The van der Waals surface area contributed by atoms with Crippen LogP contribution in [0.4, 0.5) is 0 Å². The lowest BCUT2D eigenvalue weighted by Gasteiger charge is -2.18. The van der Waals surface area contributed by atoms with Crippen LogP contribution >= 0.6 is 0 Å². The van der Waals surface area contributed by atoms with Crippen molar-refractivity contribution in [2.75, 3.05) is 13.6 Å². The molecular formula is C14H18N2O. The number of benzene rings is 1. The molecule has 1 aromatic carbocycles. The first-order valence-electron chi connectivity index (χ1n) is 5.91. The SMILES string of the molecule is CC(C)CN(C)C(=O)c1c[nH]c2ccccc12. The molecule has 1 aromatic heterocycles. The number of H-pyrrole nitrogens is 1. The highest BCUT2D eigenvalue weighted by atomic mass is 16.2. The monoisotopic (exact) mass is 230 g/mol. The predicted octanol–water partition coefficient (Wildman–Crippen LogP) is 2.90. The van der Waals surface area contributed by atoms with Crippen LogP contribution in [0.5, 0.6) is 0 Å². The third-order valence-corrected chi connectivity index (χ3v) is 2.81. The zero-order valence-corrected chi connectivity index (χ0v) is 10.5. The standard InChI is InChI=1S/C14H18N2O/c1-10(2)9-16(3)14(17)12-8-15-13-7-5-4-6-11(12)13/h4-8,10,15H,9H2,1-3H3. The fourth-order valence-corrected chi connectivity index (χ4v) is 2.08. The van der Waals surface area contributed by atoms with Crippen molar-refractivity contribution in [2.45, 2.75) is 13.8 Å². The third kappa shape index (κ3) is 2.33. The van der Waals surface area contributed by atoms with Gasteiger partial charge in [0.2, 0.25) is 0 Å². The maximum absolute atomic E-state index is 12.3. The normalized spacial score (nSPS) is 11.1. The summed E-state index contributed by atoms with van der Waals surface area (Å²) in [6, 6.07) is 7.87. The van der Waals surface area contributed by atoms with E-state index in [4.69, 9.17) is 0 Å². The Kier molecular flexibility index (Phi) is 3.18. The van der Waals surface area contributed by atoms with Gasteiger partial charge in [-0.05, 0) is 12.0 Å². The van der Waals surface area contributed by atoms with E-state index in [0.717, 1.165) is 23.0 Å². The Labute approximate surface area is 101 Å². The number of nitrogens with zero attached hydrogens (tertiary/aromatic N) is 1. The number of para-hydroxylation sites is 1. The molecule has 1 heterocycles. The Morgan fingerprint density at radius 2 is 2.06 bits per heavy atom. The summed E-state index contributed by atoms with van der Waals surface area (Å²) in [6.07, 6.45) is 1.80. The summed E-state index contributed by atoms with van der Waals surface area (Å²) in [5.74, 6) is 0.560. The average molecular weight is 230 g/mol. The molecule has 1 N–H and O–H groups in total. The molecule has 0 aliphatic rings. The van der Waals surface area contributed by atoms with Crippen molar-refractivity contribution < 1.29 is 4.79 Å². The quantitative estimate of drug-likeness (QED) is 0.864. The Hall–Kier alpha value is -1.77. The van der Waals surface area contributed by atoms with Crippen molar-refractivity contribution in [2.24, 2.45) is 5.92 Å². The molecule has 3 heteroatoms. The van der Waals surface area contributed by atoms with Crippen LogP contribution in [-0.2, 0) is 0 Å². The van der Waals surface area contributed by atoms with Gasteiger partial charge in [0.1, 0.15) is 0 Å². The van der Waals surface area contributed by atoms with Gasteiger partial charge in [0.25, 0.3) is 5.91 Å². The minimum atomic E-state index is 0.0798. The van der Waals surface area contributed by atoms with Crippen molar-refractivity contribution in [3.05, 3.63) is 36.0 Å². The Balaban J connectivity index is 2.30. The highest BCUT2D eigenvalue weighted by Crippen LogP contribution is 2.19. The third-order valence-electron chi connectivity index (χ3n) is 2.81. The molecule has 3 nitrogen and oxygen atoms in total. The molecule has 0 atom stereocenters. The molecule has 2 aromatic rings. The number of nitrogens with one attached hydrogen (secondary N) is 1. The van der Waals surface area contributed by atoms with Crippen molar-refractivity contribution in [3.63, 3.8) is 0 Å². The minimum Gasteiger partial charge on any atom is -0.360 e. The first kappa shape index (κ1) is 11.7. The summed E-state index contributed by atoms with van der Waals surface area (Å²) in [4.78, 5) is 17.2. The smallest absolute Gasteiger partial charge is 0.255 e. The van der Waals surface area contributed by atoms with Gasteiger partial charge in [0.05, 0.1) is 5.56 Å². The van der Waals surface area contributed by atoms with Gasteiger partial charge in [0.15, 0.2) is 0 Å². The van der Waals surface area contributed by atoms with E-state index in [0.29, 0.717) is 5.92 Å². The molecule has 0 saturated heterocycles. The maximum atomic E-state index is 12.3. The van der Waals surface area contributed by atoms with E-state index < -0.39 is 0 Å². The number of carbonyl (C=O) groups excluding carboxylic acids is 1. The molecule has 0 fully saturated rings. The fraction of sp³-hybridized carbons (Fsp3) is 0.357. The molecule has 90 valence electrons. The van der Waals surface area contributed by atoms with Crippen molar-refractivity contribution >= 4 is 16.8 Å². The van der Waals surface area contributed by atoms with Crippen molar-refractivity contribution in [1.29, 1.82) is 0 Å². The lowest BCUT2D eigenvalue weighted by Crippen LogP contribution is -2.30. The molecule has 0 unspecified atom stereocenters. The lowest BCUT2D eigenvalue weighted by atomic mass is 10.1. The topological polar surface area (TPSA) is 36.1 Å². The summed E-state index contributed by atoms with van der Waals surface area (Å²) >= 11 is 0. The van der Waals surface area contributed by atoms with Crippen LogP contribution in [0.25, 0.3) is 10.9 Å². The summed E-state index contributed by atoms with van der Waals surface area (Å²) in [5.41, 5.74) is 1.76. The molecular weight excluding hydrogens is 212 g/mol. The van der Waals surface area contributed by atoms with E-state index in [1.54, 1.807) is 11.1 Å². The summed E-state index contributed by atoms with van der Waals surface area (Å²) < 4.78 is 0. The van der Waals surface area contributed by atoms with Crippen LogP contribution in [0.15, 0.2) is 30.5 Å². The van der Waals surface area contributed by atoms with E-state index >= 15 is 0 Å². The van der Waals surface area contributed by atoms with Crippen molar-refractivity contribution in [1.82, 2.24) is 9.88 Å². The van der Waals surface area contributed by atoms with Crippen LogP contribution < -0.4 is 0 Å². The number of rotatable bonds is 3. The van der Waals surface area contributed by atoms with Gasteiger partial charge in [-0.25, -0.2) is 0 Å².